The van der Waals surface area contributed by atoms with Crippen LogP contribution >= 0.6 is 0 Å². The Morgan fingerprint density at radius 1 is 1.20 bits per heavy atom. The van der Waals surface area contributed by atoms with E-state index in [2.05, 4.69) is 0 Å². The lowest BCUT2D eigenvalue weighted by Crippen LogP contribution is -2.45. The molecule has 2 saturated heterocycles. The zero-order valence-electron chi connectivity index (χ0n) is 16.8. The summed E-state index contributed by atoms with van der Waals surface area (Å²) in [6, 6.07) is 4.85. The smallest absolute Gasteiger partial charge is 0.416 e. The molecule has 6 nitrogen and oxygen atoms in total. The molecule has 3 rings (SSSR count). The first-order chi connectivity index (χ1) is 14.2. The van der Waals surface area contributed by atoms with Crippen LogP contribution in [0.4, 0.5) is 13.2 Å². The van der Waals surface area contributed by atoms with Crippen molar-refractivity contribution in [1.29, 1.82) is 0 Å². The Hall–Kier alpha value is -2.58. The maximum atomic E-state index is 12.9. The molecule has 2 amide bonds. The number of carbonyl (C=O) groups is 3. The van der Waals surface area contributed by atoms with Crippen LogP contribution in [0.3, 0.4) is 0 Å². The summed E-state index contributed by atoms with van der Waals surface area (Å²) in [6.45, 7) is 2.99. The van der Waals surface area contributed by atoms with Gasteiger partial charge in [-0.2, -0.15) is 13.2 Å². The number of amides is 2. The number of ether oxygens (including phenoxy) is 1. The second kappa shape index (κ2) is 9.06. The maximum Gasteiger partial charge on any atom is 0.416 e. The van der Waals surface area contributed by atoms with Crippen LogP contribution in [0.25, 0.3) is 0 Å². The summed E-state index contributed by atoms with van der Waals surface area (Å²) in [5, 5.41) is 0. The summed E-state index contributed by atoms with van der Waals surface area (Å²) in [4.78, 5) is 40.3. The van der Waals surface area contributed by atoms with E-state index in [1.807, 2.05) is 0 Å². The summed E-state index contributed by atoms with van der Waals surface area (Å²) in [5.41, 5.74) is -0.399. The lowest BCUT2D eigenvalue weighted by Gasteiger charge is -2.33. The number of rotatable bonds is 5. The molecular weight excluding hydrogens is 401 g/mol. The molecule has 164 valence electrons. The van der Waals surface area contributed by atoms with Crippen molar-refractivity contribution in [2.45, 2.75) is 38.9 Å². The summed E-state index contributed by atoms with van der Waals surface area (Å²) in [5.74, 6) is -1.68. The molecule has 0 saturated carbocycles. The van der Waals surface area contributed by atoms with Gasteiger partial charge in [-0.3, -0.25) is 14.4 Å². The Morgan fingerprint density at radius 3 is 2.67 bits per heavy atom. The number of esters is 1. The minimum Gasteiger partial charge on any atom is -0.466 e. The van der Waals surface area contributed by atoms with E-state index >= 15 is 0 Å². The van der Waals surface area contributed by atoms with Gasteiger partial charge in [0.05, 0.1) is 24.0 Å². The van der Waals surface area contributed by atoms with Crippen LogP contribution in [-0.4, -0.2) is 53.8 Å². The quantitative estimate of drug-likeness (QED) is 0.680. The van der Waals surface area contributed by atoms with Crippen molar-refractivity contribution < 1.29 is 32.3 Å². The molecule has 2 aliphatic rings. The molecule has 0 aliphatic carbocycles. The second-order valence-electron chi connectivity index (χ2n) is 7.75. The van der Waals surface area contributed by atoms with Crippen LogP contribution in [0.1, 0.15) is 37.3 Å². The molecule has 0 aromatic heterocycles. The molecule has 9 heteroatoms. The van der Waals surface area contributed by atoms with E-state index in [9.17, 15) is 27.6 Å². The van der Waals surface area contributed by atoms with Gasteiger partial charge in [-0.1, -0.05) is 12.1 Å². The van der Waals surface area contributed by atoms with Crippen LogP contribution in [0.5, 0.6) is 0 Å². The van der Waals surface area contributed by atoms with Crippen molar-refractivity contribution in [1.82, 2.24) is 9.80 Å². The van der Waals surface area contributed by atoms with Crippen LogP contribution in [0, 0.1) is 11.8 Å². The minimum absolute atomic E-state index is 0.0258. The Kier molecular flexibility index (Phi) is 6.67. The van der Waals surface area contributed by atoms with Gasteiger partial charge in [0, 0.05) is 32.6 Å². The molecule has 0 unspecified atom stereocenters. The second-order valence-corrected chi connectivity index (χ2v) is 7.75. The third-order valence-corrected chi connectivity index (χ3v) is 5.54. The number of hydrogen-bond donors (Lipinski definition) is 0. The monoisotopic (exact) mass is 426 g/mol. The normalized spacial score (nSPS) is 22.3. The molecule has 0 bridgehead atoms. The lowest BCUT2D eigenvalue weighted by atomic mass is 9.96. The maximum absolute atomic E-state index is 12.9. The fourth-order valence-corrected chi connectivity index (χ4v) is 4.04. The largest absolute Gasteiger partial charge is 0.466 e. The van der Waals surface area contributed by atoms with Crippen molar-refractivity contribution in [2.75, 3.05) is 26.2 Å². The van der Waals surface area contributed by atoms with Gasteiger partial charge in [0.1, 0.15) is 0 Å². The molecule has 2 aliphatic heterocycles. The standard InChI is InChI=1S/C21H25F3N2O4/c1-2-30-20(29)15-6-4-8-25(12-15)19(28)16-10-18(27)26(13-16)11-14-5-3-7-17(9-14)21(22,23)24/h3,5,7,9,15-16H,2,4,6,8,10-13H2,1H3/t15-,16+/m1/s1. The van der Waals surface area contributed by atoms with Gasteiger partial charge in [-0.25, -0.2) is 0 Å². The summed E-state index contributed by atoms with van der Waals surface area (Å²) >= 11 is 0. The number of likely N-dealkylation sites (tertiary alicyclic amines) is 2. The Balaban J connectivity index is 1.61. The van der Waals surface area contributed by atoms with Gasteiger partial charge in [0.25, 0.3) is 0 Å². The lowest BCUT2D eigenvalue weighted by molar-refractivity contribution is -0.152. The van der Waals surface area contributed by atoms with E-state index in [0.29, 0.717) is 24.9 Å². The SMILES string of the molecule is CCOC(=O)[C@@H]1CCCN(C(=O)[C@H]2CC(=O)N(Cc3cccc(C(F)(F)F)c3)C2)C1. The van der Waals surface area contributed by atoms with Gasteiger partial charge >= 0.3 is 12.1 Å². The predicted octanol–water partition coefficient (Wildman–Crippen LogP) is 2.86. The first kappa shape index (κ1) is 22.1. The number of hydrogen-bond acceptors (Lipinski definition) is 4. The zero-order chi connectivity index (χ0) is 21.9. The van der Waals surface area contributed by atoms with E-state index in [1.165, 1.54) is 17.0 Å². The average molecular weight is 426 g/mol. The Morgan fingerprint density at radius 2 is 1.97 bits per heavy atom. The first-order valence-corrected chi connectivity index (χ1v) is 10.1. The van der Waals surface area contributed by atoms with Gasteiger partial charge in [-0.05, 0) is 37.5 Å². The van der Waals surface area contributed by atoms with Crippen molar-refractivity contribution in [3.8, 4) is 0 Å². The van der Waals surface area contributed by atoms with E-state index in [4.69, 9.17) is 4.74 Å². The van der Waals surface area contributed by atoms with Crippen molar-refractivity contribution >= 4 is 17.8 Å². The number of alkyl halides is 3. The molecule has 2 heterocycles. The van der Waals surface area contributed by atoms with Gasteiger partial charge in [0.15, 0.2) is 0 Å². The topological polar surface area (TPSA) is 66.9 Å². The number of carbonyl (C=O) groups excluding carboxylic acids is 3. The highest BCUT2D eigenvalue weighted by molar-refractivity contribution is 5.89. The first-order valence-electron chi connectivity index (χ1n) is 10.1. The van der Waals surface area contributed by atoms with Gasteiger partial charge in [0.2, 0.25) is 11.8 Å². The summed E-state index contributed by atoms with van der Waals surface area (Å²) in [6.07, 6.45) is -3.08. The Bertz CT molecular complexity index is 812. The minimum atomic E-state index is -4.45. The van der Waals surface area contributed by atoms with Crippen LogP contribution in [-0.2, 0) is 31.8 Å². The molecule has 30 heavy (non-hydrogen) atoms. The van der Waals surface area contributed by atoms with Gasteiger partial charge < -0.3 is 14.5 Å². The summed E-state index contributed by atoms with van der Waals surface area (Å²) in [7, 11) is 0. The average Bonchev–Trinajstić information content (AvgIpc) is 3.07. The van der Waals surface area contributed by atoms with Crippen molar-refractivity contribution in [3.63, 3.8) is 0 Å². The van der Waals surface area contributed by atoms with Gasteiger partial charge in [-0.15, -0.1) is 0 Å². The predicted molar refractivity (Wildman–Crippen MR) is 101 cm³/mol. The highest BCUT2D eigenvalue weighted by Gasteiger charge is 2.39. The van der Waals surface area contributed by atoms with Crippen molar-refractivity contribution in [2.24, 2.45) is 11.8 Å². The molecule has 2 atom stereocenters. The number of benzene rings is 1. The van der Waals surface area contributed by atoms with E-state index in [-0.39, 0.29) is 56.4 Å². The van der Waals surface area contributed by atoms with E-state index < -0.39 is 17.7 Å². The van der Waals surface area contributed by atoms with Crippen molar-refractivity contribution in [3.05, 3.63) is 35.4 Å². The fraction of sp³-hybridized carbons (Fsp3) is 0.571. The Labute approximate surface area is 173 Å². The molecule has 0 spiro atoms. The third-order valence-electron chi connectivity index (χ3n) is 5.54. The van der Waals surface area contributed by atoms with Crippen LogP contribution in [0.15, 0.2) is 24.3 Å². The van der Waals surface area contributed by atoms with E-state index in [1.54, 1.807) is 11.8 Å². The van der Waals surface area contributed by atoms with E-state index in [0.717, 1.165) is 12.1 Å². The molecule has 1 aromatic rings. The molecular formula is C21H25F3N2O4. The molecule has 0 radical (unpaired) electrons. The number of piperidine rings is 1. The van der Waals surface area contributed by atoms with Crippen LogP contribution in [0.2, 0.25) is 0 Å². The highest BCUT2D eigenvalue weighted by Crippen LogP contribution is 2.31. The number of nitrogens with zero attached hydrogens (tertiary/aromatic N) is 2. The fourth-order valence-electron chi connectivity index (χ4n) is 4.04. The highest BCUT2D eigenvalue weighted by atomic mass is 19.4. The third kappa shape index (κ3) is 5.12. The zero-order valence-corrected chi connectivity index (χ0v) is 16.8. The molecule has 1 aromatic carbocycles. The molecule has 0 N–H and O–H groups in total. The number of halogens is 3. The summed E-state index contributed by atoms with van der Waals surface area (Å²) < 4.78 is 43.8. The van der Waals surface area contributed by atoms with Crippen LogP contribution < -0.4 is 0 Å². The molecule has 2 fully saturated rings.